The van der Waals surface area contributed by atoms with Gasteiger partial charge in [-0.2, -0.15) is 0 Å². The number of carbonyl (C=O) groups is 1. The zero-order chi connectivity index (χ0) is 17.6. The number of ether oxygens (including phenoxy) is 1. The highest BCUT2D eigenvalue weighted by Gasteiger charge is 2.14. The predicted molar refractivity (Wildman–Crippen MR) is 99.6 cm³/mol. The fourth-order valence-corrected chi connectivity index (χ4v) is 3.03. The third kappa shape index (κ3) is 4.45. The SMILES string of the molecule is CCOc1ccccc1NC(=O)c1ccc(Sc2ccc(C)cc2)o1. The molecular weight excluding hydrogens is 334 g/mol. The van der Waals surface area contributed by atoms with E-state index >= 15 is 0 Å². The maximum atomic E-state index is 12.4. The Morgan fingerprint density at radius 3 is 2.60 bits per heavy atom. The minimum atomic E-state index is -0.303. The van der Waals surface area contributed by atoms with Crippen molar-refractivity contribution >= 4 is 23.4 Å². The van der Waals surface area contributed by atoms with Gasteiger partial charge in [0, 0.05) is 4.90 Å². The molecule has 0 aliphatic carbocycles. The normalized spacial score (nSPS) is 10.5. The van der Waals surface area contributed by atoms with Crippen LogP contribution in [0.3, 0.4) is 0 Å². The van der Waals surface area contributed by atoms with Crippen LogP contribution in [0.4, 0.5) is 5.69 Å². The number of carbonyl (C=O) groups excluding carboxylic acids is 1. The van der Waals surface area contributed by atoms with Crippen LogP contribution >= 0.6 is 11.8 Å². The van der Waals surface area contributed by atoms with E-state index in [1.165, 1.54) is 17.3 Å². The molecule has 5 heteroatoms. The van der Waals surface area contributed by atoms with Crippen molar-refractivity contribution in [1.82, 2.24) is 0 Å². The molecule has 0 spiro atoms. The molecule has 1 amide bonds. The standard InChI is InChI=1S/C20H19NO3S/c1-3-23-17-7-5-4-6-16(17)21-20(22)18-12-13-19(24-18)25-15-10-8-14(2)9-11-15/h4-13H,3H2,1-2H3,(H,21,22). The molecule has 0 saturated heterocycles. The van der Waals surface area contributed by atoms with Crippen molar-refractivity contribution in [2.45, 2.75) is 23.8 Å². The summed E-state index contributed by atoms with van der Waals surface area (Å²) in [6.07, 6.45) is 0. The molecule has 0 bridgehead atoms. The van der Waals surface area contributed by atoms with Crippen LogP contribution in [0, 0.1) is 6.92 Å². The first-order valence-corrected chi connectivity index (χ1v) is 8.85. The zero-order valence-electron chi connectivity index (χ0n) is 14.1. The van der Waals surface area contributed by atoms with Gasteiger partial charge < -0.3 is 14.5 Å². The highest BCUT2D eigenvalue weighted by molar-refractivity contribution is 7.99. The second-order valence-corrected chi connectivity index (χ2v) is 6.49. The van der Waals surface area contributed by atoms with E-state index in [1.807, 2.05) is 56.3 Å². The molecule has 3 rings (SSSR count). The van der Waals surface area contributed by atoms with E-state index < -0.39 is 0 Å². The van der Waals surface area contributed by atoms with Crippen LogP contribution in [0.5, 0.6) is 5.75 Å². The van der Waals surface area contributed by atoms with Crippen LogP contribution < -0.4 is 10.1 Å². The lowest BCUT2D eigenvalue weighted by Crippen LogP contribution is -2.12. The Morgan fingerprint density at radius 1 is 1.08 bits per heavy atom. The lowest BCUT2D eigenvalue weighted by Gasteiger charge is -2.10. The molecule has 1 N–H and O–H groups in total. The van der Waals surface area contributed by atoms with Crippen molar-refractivity contribution in [1.29, 1.82) is 0 Å². The number of anilines is 1. The molecule has 0 unspecified atom stereocenters. The van der Waals surface area contributed by atoms with Gasteiger partial charge >= 0.3 is 0 Å². The highest BCUT2D eigenvalue weighted by atomic mass is 32.2. The zero-order valence-corrected chi connectivity index (χ0v) is 14.9. The van der Waals surface area contributed by atoms with Crippen molar-refractivity contribution in [3.63, 3.8) is 0 Å². The molecule has 0 saturated carbocycles. The highest BCUT2D eigenvalue weighted by Crippen LogP contribution is 2.30. The van der Waals surface area contributed by atoms with Crippen molar-refractivity contribution in [3.8, 4) is 5.75 Å². The van der Waals surface area contributed by atoms with Crippen LogP contribution in [-0.4, -0.2) is 12.5 Å². The first-order valence-electron chi connectivity index (χ1n) is 8.03. The summed E-state index contributed by atoms with van der Waals surface area (Å²) in [7, 11) is 0. The third-order valence-corrected chi connectivity index (χ3v) is 4.41. The largest absolute Gasteiger partial charge is 0.492 e. The Balaban J connectivity index is 1.69. The van der Waals surface area contributed by atoms with Crippen LogP contribution in [0.2, 0.25) is 0 Å². The minimum absolute atomic E-state index is 0.265. The number of hydrogen-bond donors (Lipinski definition) is 1. The molecule has 1 aromatic heterocycles. The number of benzene rings is 2. The summed E-state index contributed by atoms with van der Waals surface area (Å²) in [6.45, 7) is 4.48. The summed E-state index contributed by atoms with van der Waals surface area (Å²) in [5.41, 5.74) is 1.83. The monoisotopic (exact) mass is 353 g/mol. The quantitative estimate of drug-likeness (QED) is 0.645. The van der Waals surface area contributed by atoms with E-state index in [9.17, 15) is 4.79 Å². The van der Waals surface area contributed by atoms with Crippen LogP contribution in [0.25, 0.3) is 0 Å². The van der Waals surface area contributed by atoms with Gasteiger partial charge in [-0.25, -0.2) is 0 Å². The molecule has 128 valence electrons. The number of nitrogens with one attached hydrogen (secondary N) is 1. The first-order chi connectivity index (χ1) is 12.2. The van der Waals surface area contributed by atoms with Gasteiger partial charge in [0.15, 0.2) is 10.9 Å². The molecule has 1 heterocycles. The van der Waals surface area contributed by atoms with Gasteiger partial charge in [0.2, 0.25) is 0 Å². The van der Waals surface area contributed by atoms with Gasteiger partial charge in [0.25, 0.3) is 5.91 Å². The van der Waals surface area contributed by atoms with Crippen molar-refractivity contribution in [2.24, 2.45) is 0 Å². The van der Waals surface area contributed by atoms with Crippen LogP contribution in [0.1, 0.15) is 23.0 Å². The average Bonchev–Trinajstić information content (AvgIpc) is 3.08. The molecule has 0 radical (unpaired) electrons. The lowest BCUT2D eigenvalue weighted by atomic mass is 10.2. The van der Waals surface area contributed by atoms with E-state index in [-0.39, 0.29) is 11.7 Å². The number of amides is 1. The minimum Gasteiger partial charge on any atom is -0.492 e. The fraction of sp³-hybridized carbons (Fsp3) is 0.150. The van der Waals surface area contributed by atoms with Gasteiger partial charge in [0.1, 0.15) is 5.75 Å². The summed E-state index contributed by atoms with van der Waals surface area (Å²) >= 11 is 1.48. The van der Waals surface area contributed by atoms with Gasteiger partial charge in [-0.3, -0.25) is 4.79 Å². The molecule has 2 aromatic carbocycles. The fourth-order valence-electron chi connectivity index (χ4n) is 2.25. The second-order valence-electron chi connectivity index (χ2n) is 5.42. The number of para-hydroxylation sites is 2. The molecule has 25 heavy (non-hydrogen) atoms. The van der Waals surface area contributed by atoms with Crippen molar-refractivity contribution in [3.05, 3.63) is 72.0 Å². The molecule has 0 atom stereocenters. The molecule has 0 aliphatic rings. The van der Waals surface area contributed by atoms with E-state index in [0.717, 1.165) is 4.90 Å². The molecular formula is C20H19NO3S. The summed E-state index contributed by atoms with van der Waals surface area (Å²) in [5.74, 6) is 0.600. The van der Waals surface area contributed by atoms with Gasteiger partial charge in [-0.05, 0) is 50.2 Å². The summed E-state index contributed by atoms with van der Waals surface area (Å²) in [5, 5.41) is 3.50. The summed E-state index contributed by atoms with van der Waals surface area (Å²) < 4.78 is 11.2. The third-order valence-electron chi connectivity index (χ3n) is 3.48. The maximum Gasteiger partial charge on any atom is 0.291 e. The Labute approximate surface area is 151 Å². The number of aryl methyl sites for hydroxylation is 1. The average molecular weight is 353 g/mol. The van der Waals surface area contributed by atoms with Gasteiger partial charge in [0.05, 0.1) is 12.3 Å². The Hall–Kier alpha value is -2.66. The molecule has 0 aliphatic heterocycles. The van der Waals surface area contributed by atoms with Gasteiger partial charge in [-0.1, -0.05) is 41.6 Å². The van der Waals surface area contributed by atoms with E-state index in [1.54, 1.807) is 18.2 Å². The van der Waals surface area contributed by atoms with E-state index in [2.05, 4.69) is 5.32 Å². The van der Waals surface area contributed by atoms with E-state index in [0.29, 0.717) is 23.1 Å². The summed E-state index contributed by atoms with van der Waals surface area (Å²) in [4.78, 5) is 13.5. The number of hydrogen-bond acceptors (Lipinski definition) is 4. The van der Waals surface area contributed by atoms with Crippen LogP contribution in [0.15, 0.2) is 75.1 Å². The van der Waals surface area contributed by atoms with Crippen molar-refractivity contribution in [2.75, 3.05) is 11.9 Å². The number of rotatable bonds is 6. The van der Waals surface area contributed by atoms with Crippen LogP contribution in [-0.2, 0) is 0 Å². The summed E-state index contributed by atoms with van der Waals surface area (Å²) in [6, 6.07) is 19.0. The second kappa shape index (κ2) is 7.94. The predicted octanol–water partition coefficient (Wildman–Crippen LogP) is 5.39. The topological polar surface area (TPSA) is 51.5 Å². The maximum absolute atomic E-state index is 12.4. The Bertz CT molecular complexity index is 855. The molecule has 0 fully saturated rings. The Kier molecular flexibility index (Phi) is 5.46. The van der Waals surface area contributed by atoms with Gasteiger partial charge in [-0.15, -0.1) is 0 Å². The molecule has 4 nitrogen and oxygen atoms in total. The van der Waals surface area contributed by atoms with E-state index in [4.69, 9.17) is 9.15 Å². The number of furan rings is 1. The smallest absolute Gasteiger partial charge is 0.291 e. The molecule has 3 aromatic rings. The lowest BCUT2D eigenvalue weighted by molar-refractivity contribution is 0.0991. The first kappa shape index (κ1) is 17.2. The van der Waals surface area contributed by atoms with Crippen molar-refractivity contribution < 1.29 is 13.9 Å². The Morgan fingerprint density at radius 2 is 1.84 bits per heavy atom.